The molecule has 0 spiro atoms. The lowest BCUT2D eigenvalue weighted by Crippen LogP contribution is -2.34. The molecule has 0 radical (unpaired) electrons. The Labute approximate surface area is 256 Å². The average molecular weight is 653 g/mol. The number of fused-ring (bicyclic) bond motifs is 2. The number of hydrogen-bond donors (Lipinski definition) is 1. The largest absolute Gasteiger partial charge is 0.465 e. The lowest BCUT2D eigenvalue weighted by molar-refractivity contribution is -0.144. The van der Waals surface area contributed by atoms with Gasteiger partial charge >= 0.3 is 18.1 Å². The quantitative estimate of drug-likeness (QED) is 0.171. The Morgan fingerprint density at radius 1 is 1.09 bits per heavy atom. The second-order valence-corrected chi connectivity index (χ2v) is 11.1. The zero-order valence-electron chi connectivity index (χ0n) is 22.4. The number of carbonyl (C=O) groups is 2. The molecule has 15 heteroatoms. The van der Waals surface area contributed by atoms with Crippen LogP contribution in [0.3, 0.4) is 0 Å². The van der Waals surface area contributed by atoms with Gasteiger partial charge in [0.05, 0.1) is 46.4 Å². The lowest BCUT2D eigenvalue weighted by Gasteiger charge is -2.11. The van der Waals surface area contributed by atoms with Crippen LogP contribution >= 0.6 is 35.1 Å². The minimum atomic E-state index is -4.50. The molecule has 5 rings (SSSR count). The second-order valence-electron chi connectivity index (χ2n) is 9.25. The first-order valence-electron chi connectivity index (χ1n) is 12.7. The third-order valence-electron chi connectivity index (χ3n) is 6.24. The van der Waals surface area contributed by atoms with Gasteiger partial charge in [0.25, 0.3) is 5.56 Å². The van der Waals surface area contributed by atoms with Crippen molar-refractivity contribution in [2.24, 2.45) is 5.73 Å². The number of alkyl halides is 3. The van der Waals surface area contributed by atoms with Gasteiger partial charge in [-0.15, -0.1) is 23.7 Å². The summed E-state index contributed by atoms with van der Waals surface area (Å²) in [5.74, 6) is -0.841. The summed E-state index contributed by atoms with van der Waals surface area (Å²) in [6, 6.07) is 9.03. The molecule has 2 N–H and O–H groups in total. The molecule has 2 aromatic carbocycles. The van der Waals surface area contributed by atoms with Gasteiger partial charge in [-0.1, -0.05) is 12.1 Å². The van der Waals surface area contributed by atoms with E-state index in [2.05, 4.69) is 10.1 Å². The first-order chi connectivity index (χ1) is 20.0. The molecule has 0 aliphatic rings. The van der Waals surface area contributed by atoms with E-state index in [0.29, 0.717) is 26.2 Å². The molecular formula is C28H24ClF3N4O5S2. The van der Waals surface area contributed by atoms with Crippen LogP contribution in [0.5, 0.6) is 5.75 Å². The third kappa shape index (κ3) is 7.39. The standard InChI is InChI=1S/C28H23F3N4O5S2.ClH/c1-2-39-27(38)20(32)9-15-3-6-17(7-4-15)40-25(36)11-21-18-13-41-14-19(18)26(37)35(34-21)12-24-33-22-10-16(28(29,30)31)5-8-23(22)42-24;/h3-8,10,13-14,20H,2,9,11-12,32H2,1H3;1H/t20-;/m0./s1. The summed E-state index contributed by atoms with van der Waals surface area (Å²) in [6.07, 6.45) is -4.48. The Bertz CT molecular complexity index is 1840. The number of rotatable bonds is 9. The molecule has 0 saturated carbocycles. The predicted molar refractivity (Wildman–Crippen MR) is 159 cm³/mol. The molecule has 226 valence electrons. The number of thiophene rings is 1. The molecule has 0 fully saturated rings. The maximum Gasteiger partial charge on any atom is 0.416 e. The molecule has 0 aliphatic heterocycles. The van der Waals surface area contributed by atoms with Gasteiger partial charge < -0.3 is 15.2 Å². The Morgan fingerprint density at radius 2 is 1.81 bits per heavy atom. The summed E-state index contributed by atoms with van der Waals surface area (Å²) in [4.78, 5) is 42.0. The highest BCUT2D eigenvalue weighted by atomic mass is 35.5. The molecule has 1 atom stereocenters. The van der Waals surface area contributed by atoms with Gasteiger partial charge in [-0.05, 0) is 49.2 Å². The molecule has 43 heavy (non-hydrogen) atoms. The SMILES string of the molecule is CCOC(=O)[C@@H](N)Cc1ccc(OC(=O)Cc2nn(Cc3nc4cc(C(F)(F)F)ccc4s3)c(=O)c3cscc23)cc1.Cl. The van der Waals surface area contributed by atoms with E-state index < -0.39 is 35.3 Å². The highest BCUT2D eigenvalue weighted by molar-refractivity contribution is 7.18. The summed E-state index contributed by atoms with van der Waals surface area (Å²) in [6.45, 7) is 1.85. The summed E-state index contributed by atoms with van der Waals surface area (Å²) < 4.78 is 51.4. The van der Waals surface area contributed by atoms with Crippen LogP contribution in [0.4, 0.5) is 13.2 Å². The minimum Gasteiger partial charge on any atom is -0.465 e. The van der Waals surface area contributed by atoms with Crippen molar-refractivity contribution in [2.45, 2.75) is 38.5 Å². The van der Waals surface area contributed by atoms with Gasteiger partial charge in [-0.25, -0.2) is 9.67 Å². The first kappa shape index (κ1) is 32.1. The van der Waals surface area contributed by atoms with Crippen molar-refractivity contribution in [3.05, 3.63) is 85.4 Å². The Morgan fingerprint density at radius 3 is 2.51 bits per heavy atom. The van der Waals surface area contributed by atoms with E-state index in [1.807, 2.05) is 0 Å². The molecule has 3 aromatic heterocycles. The van der Waals surface area contributed by atoms with Crippen molar-refractivity contribution in [3.8, 4) is 5.75 Å². The van der Waals surface area contributed by atoms with Gasteiger partial charge in [0, 0.05) is 16.1 Å². The van der Waals surface area contributed by atoms with E-state index in [1.54, 1.807) is 41.9 Å². The number of halogens is 4. The van der Waals surface area contributed by atoms with E-state index in [0.717, 1.165) is 33.7 Å². The number of esters is 2. The molecule has 9 nitrogen and oxygen atoms in total. The molecule has 0 amide bonds. The third-order valence-corrected chi connectivity index (χ3v) is 8.00. The summed E-state index contributed by atoms with van der Waals surface area (Å²) in [7, 11) is 0. The van der Waals surface area contributed by atoms with E-state index >= 15 is 0 Å². The number of nitrogens with zero attached hydrogens (tertiary/aromatic N) is 3. The van der Waals surface area contributed by atoms with Crippen LogP contribution in [0.25, 0.3) is 21.0 Å². The number of thiazole rings is 1. The van der Waals surface area contributed by atoms with Crippen LogP contribution in [0.2, 0.25) is 0 Å². The molecular weight excluding hydrogens is 629 g/mol. The predicted octanol–water partition coefficient (Wildman–Crippen LogP) is 5.14. The van der Waals surface area contributed by atoms with Crippen LogP contribution in [-0.4, -0.2) is 39.4 Å². The van der Waals surface area contributed by atoms with Gasteiger partial charge in [0.1, 0.15) is 16.8 Å². The summed E-state index contributed by atoms with van der Waals surface area (Å²) in [5, 5.41) is 9.03. The molecule has 0 unspecified atom stereocenters. The summed E-state index contributed by atoms with van der Waals surface area (Å²) >= 11 is 2.44. The van der Waals surface area contributed by atoms with Crippen LogP contribution in [0.15, 0.2) is 58.0 Å². The van der Waals surface area contributed by atoms with Crippen molar-refractivity contribution in [2.75, 3.05) is 6.61 Å². The number of carbonyl (C=O) groups excluding carboxylic acids is 2. The Kier molecular flexibility index (Phi) is 9.85. The maximum absolute atomic E-state index is 13.1. The number of hydrogen-bond acceptors (Lipinski definition) is 10. The van der Waals surface area contributed by atoms with Gasteiger partial charge in [0.2, 0.25) is 0 Å². The van der Waals surface area contributed by atoms with E-state index in [4.69, 9.17) is 15.2 Å². The molecule has 5 aromatic rings. The lowest BCUT2D eigenvalue weighted by atomic mass is 10.1. The monoisotopic (exact) mass is 652 g/mol. The highest BCUT2D eigenvalue weighted by Crippen LogP contribution is 2.33. The van der Waals surface area contributed by atoms with Crippen molar-refractivity contribution >= 4 is 68.0 Å². The number of nitrogens with two attached hydrogens (primary N) is 1. The number of benzene rings is 2. The average Bonchev–Trinajstić information content (AvgIpc) is 3.59. The van der Waals surface area contributed by atoms with Crippen molar-refractivity contribution in [3.63, 3.8) is 0 Å². The van der Waals surface area contributed by atoms with E-state index in [-0.39, 0.29) is 49.7 Å². The van der Waals surface area contributed by atoms with Crippen molar-refractivity contribution < 1.29 is 32.2 Å². The van der Waals surface area contributed by atoms with Gasteiger partial charge in [-0.3, -0.25) is 14.4 Å². The highest BCUT2D eigenvalue weighted by Gasteiger charge is 2.31. The second kappa shape index (κ2) is 13.2. The van der Waals surface area contributed by atoms with Crippen molar-refractivity contribution in [1.82, 2.24) is 14.8 Å². The fraction of sp³-hybridized carbons (Fsp3) is 0.250. The number of aromatic nitrogens is 3. The van der Waals surface area contributed by atoms with E-state index in [9.17, 15) is 27.6 Å². The van der Waals surface area contributed by atoms with Gasteiger partial charge in [-0.2, -0.15) is 29.6 Å². The molecule has 0 bridgehead atoms. The zero-order chi connectivity index (χ0) is 30.0. The van der Waals surface area contributed by atoms with Gasteiger partial charge in [0.15, 0.2) is 0 Å². The first-order valence-corrected chi connectivity index (χ1v) is 14.4. The Balaban J connectivity index is 0.00000423. The maximum atomic E-state index is 13.1. The van der Waals surface area contributed by atoms with Crippen LogP contribution in [0, 0.1) is 0 Å². The molecule has 3 heterocycles. The molecule has 0 aliphatic carbocycles. The van der Waals surface area contributed by atoms with Crippen LogP contribution < -0.4 is 16.0 Å². The normalized spacial score (nSPS) is 12.2. The zero-order valence-corrected chi connectivity index (χ0v) is 24.9. The van der Waals surface area contributed by atoms with Crippen molar-refractivity contribution in [1.29, 1.82) is 0 Å². The minimum absolute atomic E-state index is 0. The Hall–Kier alpha value is -3.85. The van der Waals surface area contributed by atoms with Crippen LogP contribution in [-0.2, 0) is 39.9 Å². The molecule has 0 saturated heterocycles. The topological polar surface area (TPSA) is 126 Å². The van der Waals surface area contributed by atoms with Crippen LogP contribution in [0.1, 0.15) is 28.8 Å². The van der Waals surface area contributed by atoms with E-state index in [1.165, 1.54) is 17.4 Å². The number of ether oxygens (including phenoxy) is 2. The fourth-order valence-electron chi connectivity index (χ4n) is 4.24. The fourth-order valence-corrected chi connectivity index (χ4v) is 6.00. The smallest absolute Gasteiger partial charge is 0.416 e. The summed E-state index contributed by atoms with van der Waals surface area (Å²) in [5.41, 5.74) is 5.88.